The fourth-order valence-electron chi connectivity index (χ4n) is 4.44. The summed E-state index contributed by atoms with van der Waals surface area (Å²) in [5, 5.41) is 8.34. The predicted octanol–water partition coefficient (Wildman–Crippen LogP) is 5.34. The van der Waals surface area contributed by atoms with Gasteiger partial charge in [0, 0.05) is 16.9 Å². The number of ether oxygens (including phenoxy) is 3. The lowest BCUT2D eigenvalue weighted by Gasteiger charge is -2.37. The molecule has 8 nitrogen and oxygen atoms in total. The van der Waals surface area contributed by atoms with Crippen molar-refractivity contribution in [3.63, 3.8) is 0 Å². The normalized spacial score (nSPS) is 16.8. The molecule has 0 fully saturated rings. The van der Waals surface area contributed by atoms with E-state index in [1.165, 1.54) is 0 Å². The zero-order valence-corrected chi connectivity index (χ0v) is 20.4. The number of nitrogens with zero attached hydrogens (tertiary/aromatic N) is 3. The van der Waals surface area contributed by atoms with Gasteiger partial charge >= 0.3 is 0 Å². The van der Waals surface area contributed by atoms with Gasteiger partial charge in [-0.05, 0) is 67.2 Å². The molecule has 0 radical (unpaired) electrons. The van der Waals surface area contributed by atoms with Crippen LogP contribution < -0.4 is 24.4 Å². The number of aromatic nitrogens is 2. The van der Waals surface area contributed by atoms with Crippen molar-refractivity contribution in [1.82, 2.24) is 15.5 Å². The van der Waals surface area contributed by atoms with Gasteiger partial charge in [0.2, 0.25) is 12.6 Å². The van der Waals surface area contributed by atoms with Gasteiger partial charge in [-0.1, -0.05) is 35.5 Å². The SMILES string of the molecule is COc1ccc(C2NC(=S)N(c3ccccc3)C(C)=C2c2nc(-c3ccc4c(c3)OCO4)no2)cc1. The van der Waals surface area contributed by atoms with E-state index in [2.05, 4.69) is 10.5 Å². The van der Waals surface area contributed by atoms with Crippen molar-refractivity contribution in [3.05, 3.63) is 89.9 Å². The lowest BCUT2D eigenvalue weighted by Crippen LogP contribution is -2.46. The number of benzene rings is 3. The fourth-order valence-corrected chi connectivity index (χ4v) is 4.80. The Balaban J connectivity index is 1.46. The summed E-state index contributed by atoms with van der Waals surface area (Å²) in [6.45, 7) is 2.21. The standard InChI is InChI=1S/C27H22N4O4S/c1-16-23(26-29-25(30-35-26)18-10-13-21-22(14-18)34-15-33-21)24(17-8-11-20(32-2)12-9-17)28-27(36)31(16)19-6-4-3-5-7-19/h3-14,24H,15H2,1-2H3,(H,28,36). The minimum absolute atomic E-state index is 0.201. The van der Waals surface area contributed by atoms with Gasteiger partial charge in [0.15, 0.2) is 16.6 Å². The van der Waals surface area contributed by atoms with Crippen LogP contribution in [0.4, 0.5) is 5.69 Å². The highest BCUT2D eigenvalue weighted by molar-refractivity contribution is 7.80. The van der Waals surface area contributed by atoms with Crippen molar-refractivity contribution < 1.29 is 18.7 Å². The Bertz CT molecular complexity index is 1470. The summed E-state index contributed by atoms with van der Waals surface area (Å²) in [5.41, 5.74) is 4.42. The summed E-state index contributed by atoms with van der Waals surface area (Å²) in [7, 11) is 1.65. The zero-order chi connectivity index (χ0) is 24.6. The Morgan fingerprint density at radius 3 is 2.56 bits per heavy atom. The summed E-state index contributed by atoms with van der Waals surface area (Å²) in [6.07, 6.45) is 0. The second-order valence-corrected chi connectivity index (χ2v) is 8.70. The van der Waals surface area contributed by atoms with Crippen LogP contribution >= 0.6 is 12.2 Å². The predicted molar refractivity (Wildman–Crippen MR) is 139 cm³/mol. The lowest BCUT2D eigenvalue weighted by molar-refractivity contribution is 0.174. The molecule has 3 heterocycles. The molecule has 0 aliphatic carbocycles. The summed E-state index contributed by atoms with van der Waals surface area (Å²) in [5.74, 6) is 2.98. The van der Waals surface area contributed by atoms with Crippen LogP contribution in [0.5, 0.6) is 17.2 Å². The molecule has 0 amide bonds. The Labute approximate surface area is 213 Å². The molecule has 0 saturated carbocycles. The third-order valence-electron chi connectivity index (χ3n) is 6.24. The van der Waals surface area contributed by atoms with Gasteiger partial charge in [0.1, 0.15) is 5.75 Å². The van der Waals surface area contributed by atoms with Crippen molar-refractivity contribution in [3.8, 4) is 28.6 Å². The van der Waals surface area contributed by atoms with Crippen molar-refractivity contribution in [2.75, 3.05) is 18.8 Å². The molecule has 6 rings (SSSR count). The van der Waals surface area contributed by atoms with Crippen LogP contribution in [0.3, 0.4) is 0 Å². The van der Waals surface area contributed by atoms with E-state index < -0.39 is 0 Å². The summed E-state index contributed by atoms with van der Waals surface area (Å²) in [6, 6.07) is 23.1. The molecule has 1 unspecified atom stereocenters. The number of hydrogen-bond acceptors (Lipinski definition) is 7. The quantitative estimate of drug-likeness (QED) is 0.367. The smallest absolute Gasteiger partial charge is 0.258 e. The van der Waals surface area contributed by atoms with Crippen LogP contribution in [-0.4, -0.2) is 29.2 Å². The number of methoxy groups -OCH3 is 1. The van der Waals surface area contributed by atoms with Crippen LogP contribution in [0, 0.1) is 0 Å². The number of thiocarbonyl (C=S) groups is 1. The summed E-state index contributed by atoms with van der Waals surface area (Å²) < 4.78 is 22.1. The number of nitrogens with one attached hydrogen (secondary N) is 1. The average Bonchev–Trinajstić information content (AvgIpc) is 3.58. The van der Waals surface area contributed by atoms with Gasteiger partial charge < -0.3 is 24.1 Å². The number of fused-ring (bicyclic) bond motifs is 1. The van der Waals surface area contributed by atoms with Gasteiger partial charge in [-0.15, -0.1) is 0 Å². The Kier molecular flexibility index (Phi) is 5.54. The number of anilines is 1. The second-order valence-electron chi connectivity index (χ2n) is 8.32. The summed E-state index contributed by atoms with van der Waals surface area (Å²) in [4.78, 5) is 6.76. The van der Waals surface area contributed by atoms with Crippen LogP contribution in [0.25, 0.3) is 17.0 Å². The van der Waals surface area contributed by atoms with Gasteiger partial charge in [-0.25, -0.2) is 0 Å². The molecule has 1 atom stereocenters. The molecule has 0 saturated heterocycles. The molecule has 0 spiro atoms. The maximum Gasteiger partial charge on any atom is 0.258 e. The van der Waals surface area contributed by atoms with Crippen LogP contribution in [0.1, 0.15) is 24.4 Å². The molecular weight excluding hydrogens is 476 g/mol. The highest BCUT2D eigenvalue weighted by Gasteiger charge is 2.35. The number of rotatable bonds is 5. The highest BCUT2D eigenvalue weighted by atomic mass is 32.1. The van der Waals surface area contributed by atoms with E-state index >= 15 is 0 Å². The molecule has 1 aromatic heterocycles. The maximum atomic E-state index is 5.84. The molecule has 2 aliphatic rings. The highest BCUT2D eigenvalue weighted by Crippen LogP contribution is 2.40. The lowest BCUT2D eigenvalue weighted by atomic mass is 9.94. The molecule has 2 aliphatic heterocycles. The summed E-state index contributed by atoms with van der Waals surface area (Å²) >= 11 is 5.81. The van der Waals surface area contributed by atoms with E-state index in [9.17, 15) is 0 Å². The van der Waals surface area contributed by atoms with Gasteiger partial charge in [-0.2, -0.15) is 4.98 Å². The maximum absolute atomic E-state index is 5.84. The first-order valence-corrected chi connectivity index (χ1v) is 11.8. The number of para-hydroxylation sites is 1. The molecule has 180 valence electrons. The molecule has 1 N–H and O–H groups in total. The first-order valence-electron chi connectivity index (χ1n) is 11.4. The third-order valence-corrected chi connectivity index (χ3v) is 6.54. The molecule has 3 aromatic carbocycles. The first-order chi connectivity index (χ1) is 17.6. The number of hydrogen-bond donors (Lipinski definition) is 1. The van der Waals surface area contributed by atoms with Gasteiger partial charge in [0.25, 0.3) is 5.89 Å². The topological polar surface area (TPSA) is 81.9 Å². The third kappa shape index (κ3) is 3.83. The van der Waals surface area contributed by atoms with E-state index in [1.807, 2.05) is 84.6 Å². The van der Waals surface area contributed by atoms with Gasteiger partial charge in [0.05, 0.1) is 18.7 Å². The largest absolute Gasteiger partial charge is 0.497 e. The Hall–Kier alpha value is -4.37. The average molecular weight is 499 g/mol. The Morgan fingerprint density at radius 1 is 1.00 bits per heavy atom. The fraction of sp³-hybridized carbons (Fsp3) is 0.148. The van der Waals surface area contributed by atoms with Crippen molar-refractivity contribution >= 4 is 28.6 Å². The number of allylic oxidation sites excluding steroid dienone is 1. The molecule has 9 heteroatoms. The van der Waals surface area contributed by atoms with E-state index in [-0.39, 0.29) is 12.8 Å². The van der Waals surface area contributed by atoms with Crippen LogP contribution in [0.2, 0.25) is 0 Å². The van der Waals surface area contributed by atoms with Crippen molar-refractivity contribution in [1.29, 1.82) is 0 Å². The monoisotopic (exact) mass is 498 g/mol. The van der Waals surface area contributed by atoms with Crippen molar-refractivity contribution in [2.45, 2.75) is 13.0 Å². The molecule has 4 aromatic rings. The molecule has 0 bridgehead atoms. The van der Waals surface area contributed by atoms with E-state index in [0.29, 0.717) is 28.3 Å². The van der Waals surface area contributed by atoms with Crippen LogP contribution in [-0.2, 0) is 0 Å². The van der Waals surface area contributed by atoms with Gasteiger partial charge in [-0.3, -0.25) is 4.90 Å². The second kappa shape index (κ2) is 9.01. The molecule has 36 heavy (non-hydrogen) atoms. The zero-order valence-electron chi connectivity index (χ0n) is 19.6. The van der Waals surface area contributed by atoms with E-state index in [0.717, 1.165) is 33.8 Å². The van der Waals surface area contributed by atoms with Crippen LogP contribution in [0.15, 0.2) is 83.0 Å². The molecular formula is C27H22N4O4S. The minimum atomic E-state index is -0.298. The first kappa shape index (κ1) is 22.1. The van der Waals surface area contributed by atoms with Crippen molar-refractivity contribution in [2.24, 2.45) is 0 Å². The van der Waals surface area contributed by atoms with E-state index in [4.69, 9.17) is 35.9 Å². The van der Waals surface area contributed by atoms with E-state index in [1.54, 1.807) is 7.11 Å². The Morgan fingerprint density at radius 2 is 1.78 bits per heavy atom. The minimum Gasteiger partial charge on any atom is -0.497 e.